The molecule has 1 aliphatic rings. The van der Waals surface area contributed by atoms with Crippen LogP contribution in [-0.2, 0) is 11.1 Å². The highest BCUT2D eigenvalue weighted by molar-refractivity contribution is 6.60. The third kappa shape index (κ3) is 3.36. The summed E-state index contributed by atoms with van der Waals surface area (Å²) >= 11 is 0. The highest BCUT2D eigenvalue weighted by Gasteiger charge is 2.39. The van der Waals surface area contributed by atoms with Gasteiger partial charge < -0.3 is 14.8 Å². The van der Waals surface area contributed by atoms with Gasteiger partial charge in [-0.25, -0.2) is 0 Å². The summed E-state index contributed by atoms with van der Waals surface area (Å²) in [6, 6.07) is 5.37. The molecule has 0 aliphatic heterocycles. The van der Waals surface area contributed by atoms with Gasteiger partial charge in [0.15, 0.2) is 5.78 Å². The van der Waals surface area contributed by atoms with Crippen LogP contribution < -0.4 is 5.46 Å². The smallest absolute Gasteiger partial charge is 0.423 e. The Morgan fingerprint density at radius 1 is 1.19 bits per heavy atom. The summed E-state index contributed by atoms with van der Waals surface area (Å²) in [4.78, 5) is 11.9. The van der Waals surface area contributed by atoms with Crippen molar-refractivity contribution in [3.63, 3.8) is 0 Å². The average molecular weight is 290 g/mol. The zero-order chi connectivity index (χ0) is 15.8. The number of benzene rings is 1. The number of carbonyl (C=O) groups is 1. The van der Waals surface area contributed by atoms with E-state index in [0.29, 0.717) is 17.4 Å². The summed E-state index contributed by atoms with van der Waals surface area (Å²) in [7, 11) is -1.17. The summed E-state index contributed by atoms with van der Waals surface area (Å²) in [5, 5.41) is 20.3. The second-order valence-electron chi connectivity index (χ2n) is 6.73. The molecule has 0 bridgehead atoms. The van der Waals surface area contributed by atoms with Crippen molar-refractivity contribution in [2.75, 3.05) is 0 Å². The van der Waals surface area contributed by atoms with E-state index in [2.05, 4.69) is 0 Å². The predicted octanol–water partition coefficient (Wildman–Crippen LogP) is 1.46. The van der Waals surface area contributed by atoms with E-state index < -0.39 is 18.3 Å². The van der Waals surface area contributed by atoms with Crippen molar-refractivity contribution in [3.05, 3.63) is 29.3 Å². The molecule has 21 heavy (non-hydrogen) atoms. The molecule has 0 unspecified atom stereocenters. The Bertz CT molecular complexity index is 546. The highest BCUT2D eigenvalue weighted by Crippen LogP contribution is 2.26. The summed E-state index contributed by atoms with van der Waals surface area (Å²) in [6.07, 6.45) is 2.34. The van der Waals surface area contributed by atoms with Crippen molar-refractivity contribution >= 4 is 18.4 Å². The molecule has 0 atom stereocenters. The van der Waals surface area contributed by atoms with Crippen LogP contribution in [0.5, 0.6) is 0 Å². The highest BCUT2D eigenvalue weighted by atomic mass is 16.5. The number of hydrogen-bond acceptors (Lipinski definition) is 4. The summed E-state index contributed by atoms with van der Waals surface area (Å²) in [5.74, 6) is 0.118. The lowest BCUT2D eigenvalue weighted by molar-refractivity contribution is -0.0982. The molecule has 0 spiro atoms. The first-order valence-corrected chi connectivity index (χ1v) is 7.36. The van der Waals surface area contributed by atoms with Gasteiger partial charge >= 0.3 is 7.12 Å². The number of aliphatic hydroxyl groups is 1. The Morgan fingerprint density at radius 3 is 2.48 bits per heavy atom. The van der Waals surface area contributed by atoms with Crippen molar-refractivity contribution in [2.45, 2.75) is 58.2 Å². The number of hydrogen-bond donors (Lipinski definition) is 2. The normalized spacial score (nSPS) is 15.8. The zero-order valence-corrected chi connectivity index (χ0v) is 13.1. The first kappa shape index (κ1) is 16.2. The van der Waals surface area contributed by atoms with E-state index in [4.69, 9.17) is 4.65 Å². The lowest BCUT2D eigenvalue weighted by Gasteiger charge is -2.38. The molecule has 0 heterocycles. The van der Waals surface area contributed by atoms with E-state index in [1.807, 2.05) is 6.07 Å². The fourth-order valence-electron chi connectivity index (χ4n) is 2.29. The first-order chi connectivity index (χ1) is 9.62. The maximum atomic E-state index is 11.9. The quantitative estimate of drug-likeness (QED) is 0.824. The number of aryl methyl sites for hydroxylation is 1. The SMILES string of the molecule is CC(C)(O)C(C)(C)OB(O)c1ccc2c(c1)C(=O)CCC2. The molecular formula is C16H23BO4. The Labute approximate surface area is 126 Å². The van der Waals surface area contributed by atoms with Crippen LogP contribution in [-0.4, -0.2) is 34.2 Å². The maximum absolute atomic E-state index is 11.9. The minimum absolute atomic E-state index is 0.118. The van der Waals surface area contributed by atoms with Crippen molar-refractivity contribution in [2.24, 2.45) is 0 Å². The topological polar surface area (TPSA) is 66.8 Å². The number of carbonyl (C=O) groups excluding carboxylic acids is 1. The number of ketones is 1. The molecular weight excluding hydrogens is 267 g/mol. The summed E-state index contributed by atoms with van der Waals surface area (Å²) in [5.41, 5.74) is 0.234. The van der Waals surface area contributed by atoms with Gasteiger partial charge in [-0.2, -0.15) is 0 Å². The number of rotatable bonds is 4. The fraction of sp³-hybridized carbons (Fsp3) is 0.562. The van der Waals surface area contributed by atoms with Crippen molar-refractivity contribution in [3.8, 4) is 0 Å². The molecule has 0 radical (unpaired) electrons. The lowest BCUT2D eigenvalue weighted by Crippen LogP contribution is -2.53. The molecule has 4 nitrogen and oxygen atoms in total. The Hall–Kier alpha value is -1.17. The Balaban J connectivity index is 2.23. The van der Waals surface area contributed by atoms with Crippen LogP contribution in [0.25, 0.3) is 0 Å². The fourth-order valence-corrected chi connectivity index (χ4v) is 2.29. The number of Topliss-reactive ketones (excluding diaryl/α,β-unsaturated/α-hetero) is 1. The molecule has 2 N–H and O–H groups in total. The molecule has 114 valence electrons. The molecule has 0 aromatic heterocycles. The van der Waals surface area contributed by atoms with Crippen LogP contribution in [0.3, 0.4) is 0 Å². The van der Waals surface area contributed by atoms with Gasteiger partial charge in [-0.15, -0.1) is 0 Å². The van der Waals surface area contributed by atoms with Gasteiger partial charge in [-0.3, -0.25) is 4.79 Å². The van der Waals surface area contributed by atoms with Crippen LogP contribution >= 0.6 is 0 Å². The minimum atomic E-state index is -1.17. The van der Waals surface area contributed by atoms with Crippen LogP contribution in [0.2, 0.25) is 0 Å². The van der Waals surface area contributed by atoms with Gasteiger partial charge in [0.25, 0.3) is 0 Å². The van der Waals surface area contributed by atoms with Crippen molar-refractivity contribution in [1.82, 2.24) is 0 Å². The van der Waals surface area contributed by atoms with Crippen LogP contribution in [0.1, 0.15) is 56.5 Å². The molecule has 1 aromatic rings. The predicted molar refractivity (Wildman–Crippen MR) is 82.8 cm³/mol. The van der Waals surface area contributed by atoms with E-state index in [9.17, 15) is 14.9 Å². The molecule has 0 saturated heterocycles. The molecule has 0 fully saturated rings. The first-order valence-electron chi connectivity index (χ1n) is 7.36. The van der Waals surface area contributed by atoms with Gasteiger partial charge in [0.1, 0.15) is 0 Å². The second-order valence-corrected chi connectivity index (χ2v) is 6.73. The molecule has 0 amide bonds. The van der Waals surface area contributed by atoms with Gasteiger partial charge in [0.05, 0.1) is 11.2 Å². The van der Waals surface area contributed by atoms with Crippen LogP contribution in [0.15, 0.2) is 18.2 Å². The summed E-state index contributed by atoms with van der Waals surface area (Å²) < 4.78 is 5.61. The Kier molecular flexibility index (Phi) is 4.29. The van der Waals surface area contributed by atoms with E-state index in [-0.39, 0.29) is 5.78 Å². The van der Waals surface area contributed by atoms with E-state index >= 15 is 0 Å². The molecule has 1 aliphatic carbocycles. The Morgan fingerprint density at radius 2 is 1.86 bits per heavy atom. The molecule has 1 aromatic carbocycles. The third-order valence-electron chi connectivity index (χ3n) is 4.45. The largest absolute Gasteiger partial charge is 0.491 e. The van der Waals surface area contributed by atoms with Crippen molar-refractivity contribution < 1.29 is 19.6 Å². The summed E-state index contributed by atoms with van der Waals surface area (Å²) in [6.45, 7) is 6.71. The zero-order valence-electron chi connectivity index (χ0n) is 13.1. The van der Waals surface area contributed by atoms with Crippen molar-refractivity contribution in [1.29, 1.82) is 0 Å². The maximum Gasteiger partial charge on any atom is 0.491 e. The van der Waals surface area contributed by atoms with Crippen LogP contribution in [0, 0.1) is 0 Å². The monoisotopic (exact) mass is 290 g/mol. The molecule has 5 heteroatoms. The minimum Gasteiger partial charge on any atom is -0.423 e. The second kappa shape index (κ2) is 5.56. The third-order valence-corrected chi connectivity index (χ3v) is 4.45. The van der Waals surface area contributed by atoms with E-state index in [1.54, 1.807) is 39.8 Å². The van der Waals surface area contributed by atoms with Gasteiger partial charge in [-0.05, 0) is 51.6 Å². The average Bonchev–Trinajstić information content (AvgIpc) is 2.37. The van der Waals surface area contributed by atoms with Gasteiger partial charge in [-0.1, -0.05) is 18.2 Å². The molecule has 2 rings (SSSR count). The van der Waals surface area contributed by atoms with Gasteiger partial charge in [0.2, 0.25) is 0 Å². The lowest BCUT2D eigenvalue weighted by atomic mass is 9.74. The standard InChI is InChI=1S/C16H23BO4/c1-15(2,19)16(3,4)21-17(20)12-9-8-11-6-5-7-14(18)13(11)10-12/h8-10,19-20H,5-7H2,1-4H3. The van der Waals surface area contributed by atoms with E-state index in [0.717, 1.165) is 18.4 Å². The van der Waals surface area contributed by atoms with E-state index in [1.165, 1.54) is 0 Å². The molecule has 0 saturated carbocycles. The van der Waals surface area contributed by atoms with Crippen LogP contribution in [0.4, 0.5) is 0 Å². The van der Waals surface area contributed by atoms with Gasteiger partial charge in [0, 0.05) is 12.0 Å². The number of fused-ring (bicyclic) bond motifs is 1.